The first-order chi connectivity index (χ1) is 32.8. The molecule has 66 heavy (non-hydrogen) atoms. The maximum absolute atomic E-state index is 2.46. The molecule has 0 fully saturated rings. The summed E-state index contributed by atoms with van der Waals surface area (Å²) in [5.74, 6) is 0. The molecule has 0 radical (unpaired) electrons. The number of fused-ring (bicyclic) bond motifs is 10. The van der Waals surface area contributed by atoms with Crippen molar-refractivity contribution in [1.29, 1.82) is 0 Å². The van der Waals surface area contributed by atoms with E-state index in [4.69, 9.17) is 0 Å². The Hall–Kier alpha value is -7.58. The van der Waals surface area contributed by atoms with Crippen LogP contribution >= 0.6 is 11.3 Å². The Kier molecular flexibility index (Phi) is 8.58. The van der Waals surface area contributed by atoms with E-state index < -0.39 is 0 Å². The topological polar surface area (TPSA) is 0 Å². The molecular formula is C64H38SSe. The average molecular weight is 918 g/mol. The molecule has 0 nitrogen and oxygen atoms in total. The number of hydrogen-bond donors (Lipinski definition) is 0. The van der Waals surface area contributed by atoms with Crippen LogP contribution in [0.4, 0.5) is 0 Å². The van der Waals surface area contributed by atoms with Crippen LogP contribution in [0, 0.1) is 0 Å². The summed E-state index contributed by atoms with van der Waals surface area (Å²) in [6.07, 6.45) is 0. The van der Waals surface area contributed by atoms with E-state index in [-0.39, 0.29) is 14.5 Å². The second-order valence-corrected chi connectivity index (χ2v) is 20.7. The van der Waals surface area contributed by atoms with Gasteiger partial charge in [0.15, 0.2) is 0 Å². The van der Waals surface area contributed by atoms with Crippen molar-refractivity contribution >= 4 is 108 Å². The summed E-state index contributed by atoms with van der Waals surface area (Å²) in [7, 11) is 0. The van der Waals surface area contributed by atoms with Gasteiger partial charge in [0.25, 0.3) is 0 Å². The Bertz CT molecular complexity index is 4160. The Morgan fingerprint density at radius 1 is 0.258 bits per heavy atom. The Balaban J connectivity index is 1.01. The van der Waals surface area contributed by atoms with Gasteiger partial charge in [-0.25, -0.2) is 0 Å². The summed E-state index contributed by atoms with van der Waals surface area (Å²) in [6, 6.07) is 86.3. The van der Waals surface area contributed by atoms with E-state index in [2.05, 4.69) is 231 Å². The molecular weight excluding hydrogens is 880 g/mol. The van der Waals surface area contributed by atoms with Gasteiger partial charge in [0, 0.05) is 0 Å². The van der Waals surface area contributed by atoms with Gasteiger partial charge in [0.1, 0.15) is 0 Å². The molecule has 2 heterocycles. The first kappa shape index (κ1) is 37.8. The monoisotopic (exact) mass is 918 g/mol. The van der Waals surface area contributed by atoms with Crippen molar-refractivity contribution in [2.75, 3.05) is 0 Å². The minimum Gasteiger partial charge on any atom is -0.0617 e. The van der Waals surface area contributed by atoms with Gasteiger partial charge in [0.2, 0.25) is 0 Å². The van der Waals surface area contributed by atoms with Crippen LogP contribution in [0.3, 0.4) is 0 Å². The van der Waals surface area contributed by atoms with E-state index in [0.717, 1.165) is 0 Å². The van der Waals surface area contributed by atoms with Crippen LogP contribution in [0.5, 0.6) is 0 Å². The van der Waals surface area contributed by atoms with E-state index in [1.54, 1.807) is 0 Å². The molecule has 0 aliphatic rings. The largest absolute Gasteiger partial charge is 0.0617 e. The van der Waals surface area contributed by atoms with E-state index >= 15 is 0 Å². The standard InChI is InChI=1S/C64H38SSe/c1-3-17-39(18-4-1)41-33-35-56-54(37-41)55-38-42(34-36-57(55)65-56)60-45-23-9-13-27-49(45)62(50-28-14-10-24-46(50)60)52-30-15-31-53-63-51(29-16-32-58(63)66-64(52)53)61-47-25-11-7-21-43(47)59(40-19-5-2-6-20-40)44-22-8-12-26-48(44)61/h1-38H. The molecule has 0 amide bonds. The van der Waals surface area contributed by atoms with Gasteiger partial charge in [-0.1, -0.05) is 36.4 Å². The van der Waals surface area contributed by atoms with Crippen molar-refractivity contribution in [1.82, 2.24) is 0 Å². The van der Waals surface area contributed by atoms with Crippen LogP contribution in [0.25, 0.3) is 138 Å². The van der Waals surface area contributed by atoms with Gasteiger partial charge in [-0.2, -0.15) is 0 Å². The summed E-state index contributed by atoms with van der Waals surface area (Å²) in [4.78, 5) is 0. The molecule has 0 atom stereocenters. The zero-order chi connectivity index (χ0) is 43.3. The van der Waals surface area contributed by atoms with E-state index in [1.807, 2.05) is 11.3 Å². The summed E-state index contributed by atoms with van der Waals surface area (Å²) >= 11 is 1.98. The fourth-order valence-corrected chi connectivity index (χ4v) is 14.7. The zero-order valence-corrected chi connectivity index (χ0v) is 38.3. The molecule has 0 bridgehead atoms. The summed E-state index contributed by atoms with van der Waals surface area (Å²) in [5, 5.41) is 15.7. The van der Waals surface area contributed by atoms with Crippen molar-refractivity contribution in [3.05, 3.63) is 231 Å². The smallest absolute Gasteiger partial charge is 0.0544 e. The fourth-order valence-electron chi connectivity index (χ4n) is 11.1. The van der Waals surface area contributed by atoms with Crippen molar-refractivity contribution in [2.24, 2.45) is 0 Å². The fraction of sp³-hybridized carbons (Fsp3) is 0. The maximum atomic E-state index is 2.46. The number of benzene rings is 12. The second kappa shape index (κ2) is 15.0. The van der Waals surface area contributed by atoms with Gasteiger partial charge in [-0.15, -0.1) is 0 Å². The van der Waals surface area contributed by atoms with Gasteiger partial charge in [-0.05, 0) is 5.56 Å². The molecule has 0 saturated heterocycles. The molecule has 14 aromatic rings. The molecule has 0 N–H and O–H groups in total. The van der Waals surface area contributed by atoms with E-state index in [9.17, 15) is 0 Å². The molecule has 0 saturated carbocycles. The van der Waals surface area contributed by atoms with Crippen LogP contribution in [-0.4, -0.2) is 14.5 Å². The van der Waals surface area contributed by atoms with Crippen LogP contribution in [-0.2, 0) is 0 Å². The third kappa shape index (κ3) is 5.70. The molecule has 2 aromatic heterocycles. The first-order valence-electron chi connectivity index (χ1n) is 22.7. The van der Waals surface area contributed by atoms with Crippen LogP contribution in [0.1, 0.15) is 0 Å². The minimum atomic E-state index is 0.0946. The zero-order valence-electron chi connectivity index (χ0n) is 35.8. The third-order valence-electron chi connectivity index (χ3n) is 13.9. The molecule has 0 spiro atoms. The van der Waals surface area contributed by atoms with Gasteiger partial charge >= 0.3 is 353 Å². The van der Waals surface area contributed by atoms with Crippen molar-refractivity contribution < 1.29 is 0 Å². The van der Waals surface area contributed by atoms with Crippen LogP contribution < -0.4 is 0 Å². The van der Waals surface area contributed by atoms with Crippen molar-refractivity contribution in [3.63, 3.8) is 0 Å². The Labute approximate surface area is 392 Å². The van der Waals surface area contributed by atoms with E-state index in [1.165, 1.54) is 138 Å². The van der Waals surface area contributed by atoms with Gasteiger partial charge in [0.05, 0.1) is 0 Å². The number of hydrogen-bond acceptors (Lipinski definition) is 1. The SMILES string of the molecule is c1ccc(-c2ccc3sc4ccc(-c5c6ccccc6c(-c6cccc7c6[se]c6cccc(-c8c9ccccc9c(-c9ccccc9)c9ccccc89)c67)c6ccccc56)cc4c3c2)cc1. The molecule has 12 aromatic carbocycles. The van der Waals surface area contributed by atoms with Gasteiger partial charge in [-0.3, -0.25) is 0 Å². The third-order valence-corrected chi connectivity index (χ3v) is 17.5. The Morgan fingerprint density at radius 2 is 0.667 bits per heavy atom. The summed E-state index contributed by atoms with van der Waals surface area (Å²) in [5.41, 5.74) is 12.9. The Morgan fingerprint density at radius 3 is 1.23 bits per heavy atom. The number of thiophene rings is 1. The molecule has 306 valence electrons. The predicted molar refractivity (Wildman–Crippen MR) is 288 cm³/mol. The summed E-state index contributed by atoms with van der Waals surface area (Å²) in [6.45, 7) is 0. The first-order valence-corrected chi connectivity index (χ1v) is 25.2. The van der Waals surface area contributed by atoms with Gasteiger partial charge < -0.3 is 0 Å². The predicted octanol–water partition coefficient (Wildman–Crippen LogP) is 18.4. The number of rotatable bonds is 5. The van der Waals surface area contributed by atoms with Crippen molar-refractivity contribution in [2.45, 2.75) is 0 Å². The summed E-state index contributed by atoms with van der Waals surface area (Å²) < 4.78 is 5.55. The average Bonchev–Trinajstić information content (AvgIpc) is 3.96. The second-order valence-electron chi connectivity index (χ2n) is 17.4. The van der Waals surface area contributed by atoms with E-state index in [0.29, 0.717) is 0 Å². The maximum Gasteiger partial charge on any atom is -0.0544 e. The normalized spacial score (nSPS) is 11.9. The molecule has 0 unspecified atom stereocenters. The molecule has 0 aliphatic carbocycles. The molecule has 2 heteroatoms. The van der Waals surface area contributed by atoms with Crippen molar-refractivity contribution in [3.8, 4) is 55.6 Å². The van der Waals surface area contributed by atoms with Crippen LogP contribution in [0.2, 0.25) is 0 Å². The quantitative estimate of drug-likeness (QED) is 0.119. The van der Waals surface area contributed by atoms with Crippen LogP contribution in [0.15, 0.2) is 231 Å². The molecule has 0 aliphatic heterocycles. The minimum absolute atomic E-state index is 0.0946. The molecule has 14 rings (SSSR count).